The third kappa shape index (κ3) is 4.80. The number of nitrogens with one attached hydrogen (secondary N) is 2. The molecule has 0 aromatic carbocycles. The van der Waals surface area contributed by atoms with Gasteiger partial charge in [0, 0.05) is 24.7 Å². The quantitative estimate of drug-likeness (QED) is 0.805. The van der Waals surface area contributed by atoms with Gasteiger partial charge in [-0.25, -0.2) is 13.1 Å². The molecule has 1 saturated heterocycles. The number of aryl methyl sites for hydroxylation is 1. The number of nitriles is 1. The number of carbonyl (C=O) groups excluding carboxylic acids is 1. The molecule has 1 aliphatic rings. The van der Waals surface area contributed by atoms with Gasteiger partial charge in [-0.05, 0) is 26.7 Å². The first-order chi connectivity index (χ1) is 11.2. The molecule has 9 heteroatoms. The second-order valence-corrected chi connectivity index (χ2v) is 7.87. The molecule has 2 heterocycles. The summed E-state index contributed by atoms with van der Waals surface area (Å²) >= 11 is 0. The first-order valence-corrected chi connectivity index (χ1v) is 9.58. The lowest BCUT2D eigenvalue weighted by molar-refractivity contribution is -0.117. The Labute approximate surface area is 141 Å². The molecular weight excluding hydrogens is 332 g/mol. The van der Waals surface area contributed by atoms with Crippen LogP contribution in [0, 0.1) is 25.2 Å². The molecule has 1 aliphatic heterocycles. The Balaban J connectivity index is 1.86. The molecule has 0 saturated carbocycles. The van der Waals surface area contributed by atoms with Crippen LogP contribution in [0.5, 0.6) is 0 Å². The number of hydrogen-bond donors (Lipinski definition) is 2. The second kappa shape index (κ2) is 7.34. The molecule has 0 spiro atoms. The molecule has 0 aliphatic carbocycles. The molecule has 1 fully saturated rings. The van der Waals surface area contributed by atoms with Crippen molar-refractivity contribution in [3.63, 3.8) is 0 Å². The van der Waals surface area contributed by atoms with Crippen LogP contribution in [-0.2, 0) is 14.8 Å². The summed E-state index contributed by atoms with van der Waals surface area (Å²) in [6.07, 6.45) is 2.46. The summed E-state index contributed by atoms with van der Waals surface area (Å²) in [5, 5.41) is 11.8. The van der Waals surface area contributed by atoms with Gasteiger partial charge in [0.05, 0.1) is 12.8 Å². The van der Waals surface area contributed by atoms with Crippen molar-refractivity contribution in [3.8, 4) is 6.07 Å². The summed E-state index contributed by atoms with van der Waals surface area (Å²) in [7, 11) is -3.21. The van der Waals surface area contributed by atoms with Crippen molar-refractivity contribution in [3.05, 3.63) is 16.9 Å². The highest BCUT2D eigenvalue weighted by molar-refractivity contribution is 7.88. The van der Waals surface area contributed by atoms with Gasteiger partial charge in [-0.2, -0.15) is 5.26 Å². The minimum Gasteiger partial charge on any atom is -0.444 e. The normalized spacial score (nSPS) is 16.8. The van der Waals surface area contributed by atoms with E-state index in [1.807, 2.05) is 11.0 Å². The molecule has 0 bridgehead atoms. The summed E-state index contributed by atoms with van der Waals surface area (Å²) in [6, 6.07) is 1.95. The van der Waals surface area contributed by atoms with E-state index in [1.54, 1.807) is 13.8 Å². The molecule has 1 aromatic heterocycles. The Morgan fingerprint density at radius 3 is 2.54 bits per heavy atom. The third-order valence-corrected chi connectivity index (χ3v) is 4.85. The van der Waals surface area contributed by atoms with E-state index < -0.39 is 10.0 Å². The molecular formula is C15H22N4O4S. The van der Waals surface area contributed by atoms with E-state index in [9.17, 15) is 13.2 Å². The fraction of sp³-hybridized carbons (Fsp3) is 0.600. The number of amides is 1. The summed E-state index contributed by atoms with van der Waals surface area (Å²) < 4.78 is 30.5. The van der Waals surface area contributed by atoms with Crippen molar-refractivity contribution in [2.24, 2.45) is 0 Å². The fourth-order valence-electron chi connectivity index (χ4n) is 2.73. The maximum atomic E-state index is 12.1. The maximum Gasteiger partial charge on any atom is 0.240 e. The van der Waals surface area contributed by atoms with Gasteiger partial charge in [0.1, 0.15) is 17.4 Å². The topological polar surface area (TPSA) is 115 Å². The number of hydrogen-bond acceptors (Lipinski definition) is 6. The predicted molar refractivity (Wildman–Crippen MR) is 89.0 cm³/mol. The standard InChI is InChI=1S/C15H22N4O4S/c1-10-11(2)23-15(13(10)8-16)17-14(20)9-19-6-4-12(5-7-19)18-24(3,21)22/h12,18H,4-7,9H2,1-3H3,(H,17,20). The van der Waals surface area contributed by atoms with Crippen molar-refractivity contribution in [1.82, 2.24) is 9.62 Å². The summed E-state index contributed by atoms with van der Waals surface area (Å²) in [4.78, 5) is 14.1. The molecule has 0 radical (unpaired) electrons. The molecule has 0 atom stereocenters. The van der Waals surface area contributed by atoms with E-state index in [4.69, 9.17) is 9.68 Å². The van der Waals surface area contributed by atoms with Gasteiger partial charge in [0.25, 0.3) is 0 Å². The number of anilines is 1. The number of sulfonamides is 1. The van der Waals surface area contributed by atoms with Gasteiger partial charge in [-0.1, -0.05) is 0 Å². The monoisotopic (exact) mass is 354 g/mol. The van der Waals surface area contributed by atoms with E-state index in [0.29, 0.717) is 37.3 Å². The van der Waals surface area contributed by atoms with E-state index >= 15 is 0 Å². The number of rotatable bonds is 5. The lowest BCUT2D eigenvalue weighted by Gasteiger charge is -2.31. The SMILES string of the molecule is Cc1oc(NC(=O)CN2CCC(NS(C)(=O)=O)CC2)c(C#N)c1C. The van der Waals surface area contributed by atoms with Crippen molar-refractivity contribution in [1.29, 1.82) is 5.26 Å². The van der Waals surface area contributed by atoms with E-state index in [2.05, 4.69) is 10.0 Å². The van der Waals surface area contributed by atoms with Crippen LogP contribution in [0.25, 0.3) is 0 Å². The third-order valence-electron chi connectivity index (χ3n) is 4.09. The molecule has 8 nitrogen and oxygen atoms in total. The number of likely N-dealkylation sites (tertiary alicyclic amines) is 1. The largest absolute Gasteiger partial charge is 0.444 e. The molecule has 1 aromatic rings. The maximum absolute atomic E-state index is 12.1. The fourth-order valence-corrected chi connectivity index (χ4v) is 3.57. The van der Waals surface area contributed by atoms with E-state index in [-0.39, 0.29) is 24.4 Å². The lowest BCUT2D eigenvalue weighted by Crippen LogP contribution is -2.46. The zero-order valence-corrected chi connectivity index (χ0v) is 14.9. The average Bonchev–Trinajstić information content (AvgIpc) is 2.73. The van der Waals surface area contributed by atoms with Crippen molar-refractivity contribution in [2.75, 3.05) is 31.2 Å². The van der Waals surface area contributed by atoms with Crippen molar-refractivity contribution < 1.29 is 17.6 Å². The highest BCUT2D eigenvalue weighted by atomic mass is 32.2. The van der Waals surface area contributed by atoms with Gasteiger partial charge in [0.15, 0.2) is 0 Å². The van der Waals surface area contributed by atoms with Gasteiger partial charge in [-0.15, -0.1) is 0 Å². The summed E-state index contributed by atoms with van der Waals surface area (Å²) in [6.45, 7) is 4.94. The van der Waals surface area contributed by atoms with Crippen LogP contribution in [0.3, 0.4) is 0 Å². The van der Waals surface area contributed by atoms with Crippen LogP contribution < -0.4 is 10.0 Å². The summed E-state index contributed by atoms with van der Waals surface area (Å²) in [5.74, 6) is 0.537. The lowest BCUT2D eigenvalue weighted by atomic mass is 10.1. The Morgan fingerprint density at radius 2 is 2.00 bits per heavy atom. The number of carbonyl (C=O) groups is 1. The molecule has 2 N–H and O–H groups in total. The minimum absolute atomic E-state index is 0.0834. The van der Waals surface area contributed by atoms with Gasteiger partial charge >= 0.3 is 0 Å². The highest BCUT2D eigenvalue weighted by Gasteiger charge is 2.24. The van der Waals surface area contributed by atoms with Gasteiger partial charge in [0.2, 0.25) is 21.8 Å². The number of nitrogens with zero attached hydrogens (tertiary/aromatic N) is 2. The molecule has 132 valence electrons. The van der Waals surface area contributed by atoms with Gasteiger partial charge in [-0.3, -0.25) is 15.0 Å². The highest BCUT2D eigenvalue weighted by Crippen LogP contribution is 2.25. The Hall–Kier alpha value is -1.89. The number of piperidine rings is 1. The van der Waals surface area contributed by atoms with Crippen molar-refractivity contribution >= 4 is 21.8 Å². The average molecular weight is 354 g/mol. The zero-order chi connectivity index (χ0) is 17.9. The van der Waals surface area contributed by atoms with Crippen LogP contribution in [0.4, 0.5) is 5.88 Å². The Kier molecular flexibility index (Phi) is 5.64. The van der Waals surface area contributed by atoms with Crippen LogP contribution in [0.2, 0.25) is 0 Å². The first-order valence-electron chi connectivity index (χ1n) is 7.69. The number of furan rings is 1. The van der Waals surface area contributed by atoms with Crippen molar-refractivity contribution in [2.45, 2.75) is 32.7 Å². The molecule has 24 heavy (non-hydrogen) atoms. The predicted octanol–water partition coefficient (Wildman–Crippen LogP) is 0.720. The van der Waals surface area contributed by atoms with Gasteiger partial charge < -0.3 is 4.42 Å². The second-order valence-electron chi connectivity index (χ2n) is 6.09. The van der Waals surface area contributed by atoms with Crippen LogP contribution in [-0.4, -0.2) is 51.2 Å². The molecule has 1 amide bonds. The van der Waals surface area contributed by atoms with Crippen LogP contribution in [0.15, 0.2) is 4.42 Å². The zero-order valence-electron chi connectivity index (χ0n) is 14.0. The minimum atomic E-state index is -3.21. The smallest absolute Gasteiger partial charge is 0.240 e. The van der Waals surface area contributed by atoms with Crippen LogP contribution >= 0.6 is 0 Å². The Bertz CT molecular complexity index is 755. The van der Waals surface area contributed by atoms with Crippen LogP contribution in [0.1, 0.15) is 29.7 Å². The Morgan fingerprint density at radius 1 is 1.38 bits per heavy atom. The first kappa shape index (κ1) is 18.4. The van der Waals surface area contributed by atoms with E-state index in [1.165, 1.54) is 0 Å². The molecule has 2 rings (SSSR count). The summed E-state index contributed by atoms with van der Waals surface area (Å²) in [5.41, 5.74) is 1.07. The molecule has 0 unspecified atom stereocenters. The van der Waals surface area contributed by atoms with E-state index in [0.717, 1.165) is 11.8 Å².